The molecule has 0 radical (unpaired) electrons. The van der Waals surface area contributed by atoms with Gasteiger partial charge in [-0.1, -0.05) is 18.2 Å². The Balaban J connectivity index is 2.43. The van der Waals surface area contributed by atoms with Crippen LogP contribution in [0.5, 0.6) is 0 Å². The second-order valence-corrected chi connectivity index (χ2v) is 5.38. The van der Waals surface area contributed by atoms with E-state index in [2.05, 4.69) is 4.98 Å². The van der Waals surface area contributed by atoms with Gasteiger partial charge in [-0.05, 0) is 37.3 Å². The summed E-state index contributed by atoms with van der Waals surface area (Å²) in [6, 6.07) is 13.0. The number of fused-ring (bicyclic) bond motifs is 1. The summed E-state index contributed by atoms with van der Waals surface area (Å²) in [5, 5.41) is -0.215. The number of alkyl halides is 1. The van der Waals surface area contributed by atoms with Crippen molar-refractivity contribution in [1.29, 1.82) is 0 Å². The van der Waals surface area contributed by atoms with Crippen molar-refractivity contribution in [3.8, 4) is 5.69 Å². The number of benzene rings is 2. The smallest absolute Gasteiger partial charge is 0.266 e. The monoisotopic (exact) mass is 302 g/mol. The Morgan fingerprint density at radius 3 is 2.57 bits per heavy atom. The van der Waals surface area contributed by atoms with Crippen LogP contribution in [0.1, 0.15) is 18.1 Å². The van der Waals surface area contributed by atoms with Gasteiger partial charge < -0.3 is 0 Å². The molecule has 106 valence electrons. The lowest BCUT2D eigenvalue weighted by Gasteiger charge is -2.14. The molecule has 0 saturated carbocycles. The summed E-state index contributed by atoms with van der Waals surface area (Å²) in [7, 11) is 0. The fraction of sp³-hybridized carbons (Fsp3) is 0.125. The minimum absolute atomic E-state index is 0.236. The molecule has 0 aliphatic heterocycles. The molecule has 0 fully saturated rings. The van der Waals surface area contributed by atoms with Gasteiger partial charge in [-0.2, -0.15) is 0 Å². The lowest BCUT2D eigenvalue weighted by molar-refractivity contribution is 0.629. The second-order valence-electron chi connectivity index (χ2n) is 4.72. The Kier molecular flexibility index (Phi) is 3.47. The number of para-hydroxylation sites is 1. The van der Waals surface area contributed by atoms with Crippen molar-refractivity contribution >= 4 is 22.5 Å². The molecule has 0 spiro atoms. The van der Waals surface area contributed by atoms with E-state index in [1.165, 1.54) is 22.8 Å². The van der Waals surface area contributed by atoms with Gasteiger partial charge in [0.05, 0.1) is 22.0 Å². The Hall–Kier alpha value is -2.20. The molecule has 1 heterocycles. The SMILES string of the molecule is CC(Cl)c1nc2ccc(F)cc2c(=O)n1-c1ccccc1. The first kappa shape index (κ1) is 13.8. The van der Waals surface area contributed by atoms with Gasteiger partial charge in [0.2, 0.25) is 0 Å². The molecule has 3 rings (SSSR count). The number of halogens is 2. The fourth-order valence-electron chi connectivity index (χ4n) is 2.27. The first-order valence-electron chi connectivity index (χ1n) is 6.49. The van der Waals surface area contributed by atoms with Crippen molar-refractivity contribution in [2.75, 3.05) is 0 Å². The molecular formula is C16H12ClFN2O. The van der Waals surface area contributed by atoms with Gasteiger partial charge in [0, 0.05) is 0 Å². The van der Waals surface area contributed by atoms with Crippen LogP contribution in [0.4, 0.5) is 4.39 Å². The van der Waals surface area contributed by atoms with Crippen LogP contribution in [0.25, 0.3) is 16.6 Å². The molecule has 2 aromatic carbocycles. The quantitative estimate of drug-likeness (QED) is 0.674. The second kappa shape index (κ2) is 5.30. The zero-order valence-corrected chi connectivity index (χ0v) is 12.0. The Labute approximate surface area is 125 Å². The van der Waals surface area contributed by atoms with E-state index in [1.807, 2.05) is 18.2 Å². The predicted molar refractivity (Wildman–Crippen MR) is 81.6 cm³/mol. The lowest BCUT2D eigenvalue weighted by Crippen LogP contribution is -2.24. The molecule has 1 atom stereocenters. The summed E-state index contributed by atoms with van der Waals surface area (Å²) in [5.41, 5.74) is 0.771. The van der Waals surface area contributed by atoms with Crippen LogP contribution in [0, 0.1) is 5.82 Å². The van der Waals surface area contributed by atoms with E-state index in [-0.39, 0.29) is 10.9 Å². The van der Waals surface area contributed by atoms with Crippen LogP contribution in [-0.2, 0) is 0 Å². The molecule has 3 aromatic rings. The standard InChI is InChI=1S/C16H12ClFN2O/c1-10(17)15-19-14-8-7-11(18)9-13(14)16(21)20(15)12-5-3-2-4-6-12/h2-10H,1H3. The molecule has 0 bridgehead atoms. The van der Waals surface area contributed by atoms with E-state index < -0.39 is 11.2 Å². The normalized spacial score (nSPS) is 12.5. The maximum atomic E-state index is 13.4. The number of rotatable bonds is 2. The minimum atomic E-state index is -0.465. The third-order valence-corrected chi connectivity index (χ3v) is 3.42. The highest BCUT2D eigenvalue weighted by Crippen LogP contribution is 2.22. The Morgan fingerprint density at radius 2 is 1.90 bits per heavy atom. The lowest BCUT2D eigenvalue weighted by atomic mass is 10.2. The van der Waals surface area contributed by atoms with Gasteiger partial charge >= 0.3 is 0 Å². The van der Waals surface area contributed by atoms with E-state index >= 15 is 0 Å². The minimum Gasteiger partial charge on any atom is -0.268 e. The highest BCUT2D eigenvalue weighted by Gasteiger charge is 2.16. The molecule has 1 unspecified atom stereocenters. The Morgan fingerprint density at radius 1 is 1.19 bits per heavy atom. The maximum Gasteiger partial charge on any atom is 0.266 e. The van der Waals surface area contributed by atoms with E-state index in [0.717, 1.165) is 0 Å². The number of hydrogen-bond acceptors (Lipinski definition) is 2. The summed E-state index contributed by atoms with van der Waals surface area (Å²) in [4.78, 5) is 17.1. The van der Waals surface area contributed by atoms with E-state index in [9.17, 15) is 9.18 Å². The highest BCUT2D eigenvalue weighted by atomic mass is 35.5. The molecule has 0 saturated heterocycles. The van der Waals surface area contributed by atoms with Crippen molar-refractivity contribution in [2.45, 2.75) is 12.3 Å². The molecule has 0 aliphatic rings. The zero-order valence-electron chi connectivity index (χ0n) is 11.3. The van der Waals surface area contributed by atoms with Crippen LogP contribution in [-0.4, -0.2) is 9.55 Å². The summed E-state index contributed by atoms with van der Waals surface area (Å²) >= 11 is 6.17. The van der Waals surface area contributed by atoms with E-state index in [1.54, 1.807) is 19.1 Å². The maximum absolute atomic E-state index is 13.4. The fourth-order valence-corrected chi connectivity index (χ4v) is 2.41. The first-order chi connectivity index (χ1) is 10.1. The molecule has 0 amide bonds. The van der Waals surface area contributed by atoms with Crippen LogP contribution in [0.3, 0.4) is 0 Å². The summed E-state index contributed by atoms with van der Waals surface area (Å²) in [6.07, 6.45) is 0. The van der Waals surface area contributed by atoms with Crippen molar-refractivity contribution < 1.29 is 4.39 Å². The van der Waals surface area contributed by atoms with Gasteiger partial charge in [-0.25, -0.2) is 9.37 Å². The average molecular weight is 303 g/mol. The van der Waals surface area contributed by atoms with Crippen molar-refractivity contribution in [3.63, 3.8) is 0 Å². The topological polar surface area (TPSA) is 34.9 Å². The van der Waals surface area contributed by atoms with Crippen molar-refractivity contribution in [2.24, 2.45) is 0 Å². The van der Waals surface area contributed by atoms with Gasteiger partial charge in [-0.3, -0.25) is 9.36 Å². The van der Waals surface area contributed by atoms with Crippen LogP contribution < -0.4 is 5.56 Å². The largest absolute Gasteiger partial charge is 0.268 e. The number of nitrogens with zero attached hydrogens (tertiary/aromatic N) is 2. The molecule has 21 heavy (non-hydrogen) atoms. The number of aromatic nitrogens is 2. The third-order valence-electron chi connectivity index (χ3n) is 3.23. The van der Waals surface area contributed by atoms with Gasteiger partial charge in [0.15, 0.2) is 0 Å². The van der Waals surface area contributed by atoms with E-state index in [4.69, 9.17) is 11.6 Å². The zero-order chi connectivity index (χ0) is 15.0. The third kappa shape index (κ3) is 2.43. The van der Waals surface area contributed by atoms with Crippen LogP contribution in [0.15, 0.2) is 53.3 Å². The van der Waals surface area contributed by atoms with Crippen molar-refractivity contribution in [3.05, 3.63) is 70.5 Å². The first-order valence-corrected chi connectivity index (χ1v) is 6.93. The highest BCUT2D eigenvalue weighted by molar-refractivity contribution is 6.20. The molecular weight excluding hydrogens is 291 g/mol. The van der Waals surface area contributed by atoms with Crippen LogP contribution in [0.2, 0.25) is 0 Å². The summed E-state index contributed by atoms with van der Waals surface area (Å²) in [5.74, 6) is -0.0281. The van der Waals surface area contributed by atoms with Gasteiger partial charge in [-0.15, -0.1) is 11.6 Å². The molecule has 3 nitrogen and oxygen atoms in total. The van der Waals surface area contributed by atoms with Crippen LogP contribution >= 0.6 is 11.6 Å². The van der Waals surface area contributed by atoms with E-state index in [0.29, 0.717) is 17.0 Å². The molecule has 1 aromatic heterocycles. The number of hydrogen-bond donors (Lipinski definition) is 0. The summed E-state index contributed by atoms with van der Waals surface area (Å²) in [6.45, 7) is 1.75. The van der Waals surface area contributed by atoms with Crippen molar-refractivity contribution in [1.82, 2.24) is 9.55 Å². The Bertz CT molecular complexity index is 859. The average Bonchev–Trinajstić information content (AvgIpc) is 2.48. The summed E-state index contributed by atoms with van der Waals surface area (Å²) < 4.78 is 14.8. The molecule has 5 heteroatoms. The van der Waals surface area contributed by atoms with Gasteiger partial charge in [0.25, 0.3) is 5.56 Å². The van der Waals surface area contributed by atoms with Gasteiger partial charge in [0.1, 0.15) is 11.6 Å². The molecule has 0 aliphatic carbocycles. The molecule has 0 N–H and O–H groups in total. The predicted octanol–water partition coefficient (Wildman–Crippen LogP) is 3.82.